The Hall–Kier alpha value is -2.60. The van der Waals surface area contributed by atoms with Crippen LogP contribution in [0.5, 0.6) is 0 Å². The van der Waals surface area contributed by atoms with Crippen LogP contribution in [-0.4, -0.2) is 49.1 Å². The highest BCUT2D eigenvalue weighted by molar-refractivity contribution is 7.90. The number of nitrogens with zero attached hydrogens (tertiary/aromatic N) is 4. The quantitative estimate of drug-likeness (QED) is 0.141. The number of nitrogens with one attached hydrogen (secondary N) is 1. The van der Waals surface area contributed by atoms with E-state index in [1.54, 1.807) is 0 Å². The highest BCUT2D eigenvalue weighted by Gasteiger charge is 2.40. The van der Waals surface area contributed by atoms with Gasteiger partial charge in [0, 0.05) is 28.9 Å². The minimum atomic E-state index is -1.91. The first-order chi connectivity index (χ1) is 20.7. The molecule has 0 radical (unpaired) electrons. The van der Waals surface area contributed by atoms with Crippen LogP contribution in [0.1, 0.15) is 71.8 Å². The third-order valence-electron chi connectivity index (χ3n) is 9.14. The molecule has 0 amide bonds. The minimum Gasteiger partial charge on any atom is -0.598 e. The normalized spacial score (nSPS) is 19.1. The fourth-order valence-electron chi connectivity index (χ4n) is 5.18. The fourth-order valence-corrected chi connectivity index (χ4v) is 7.02. The summed E-state index contributed by atoms with van der Waals surface area (Å²) in [5, 5.41) is 15.5. The van der Waals surface area contributed by atoms with Crippen molar-refractivity contribution >= 4 is 30.6 Å². The molecule has 44 heavy (non-hydrogen) atoms. The van der Waals surface area contributed by atoms with Crippen LogP contribution in [0.3, 0.4) is 0 Å². The van der Waals surface area contributed by atoms with Gasteiger partial charge in [0.05, 0.1) is 41.4 Å². The van der Waals surface area contributed by atoms with E-state index >= 15 is 0 Å². The molecule has 1 aromatic carbocycles. The van der Waals surface area contributed by atoms with Gasteiger partial charge in [-0.2, -0.15) is 5.10 Å². The van der Waals surface area contributed by atoms with Crippen molar-refractivity contribution in [2.75, 3.05) is 6.61 Å². The second-order valence-corrected chi connectivity index (χ2v) is 21.4. The molecule has 8 nitrogen and oxygen atoms in total. The van der Waals surface area contributed by atoms with E-state index < -0.39 is 24.4 Å². The zero-order valence-electron chi connectivity index (χ0n) is 27.3. The Labute approximate surface area is 266 Å². The van der Waals surface area contributed by atoms with E-state index in [9.17, 15) is 9.66 Å². The number of pyridine rings is 2. The minimum absolute atomic E-state index is 0.129. The number of rotatable bonds is 10. The van der Waals surface area contributed by atoms with E-state index in [4.69, 9.17) is 14.4 Å². The highest BCUT2D eigenvalue weighted by atomic mass is 32.2. The predicted molar refractivity (Wildman–Crippen MR) is 181 cm³/mol. The average Bonchev–Trinajstić information content (AvgIpc) is 3.37. The Morgan fingerprint density at radius 2 is 1.77 bits per heavy atom. The summed E-state index contributed by atoms with van der Waals surface area (Å²) in [5.74, 6) is 1.31. The van der Waals surface area contributed by atoms with Crippen molar-refractivity contribution in [2.45, 2.75) is 89.9 Å². The standard InChI is InChI=1S/C34H47N5O3SSi/c1-33(2,3)43(41)38-32(26-17-23(18-26)21-40)29-13-10-12-28(37-29)24-15-16-25-20-35-39(30(25)19-24)31-14-9-11-27(36-31)22-42-44(7,8)34(4,5)6/h9-16,19-20,23,26,32,38,40H,17-18,21-22H2,1-8H3/t23?,26?,32-,43-/m1/s1. The van der Waals surface area contributed by atoms with Gasteiger partial charge in [-0.25, -0.2) is 9.67 Å². The largest absolute Gasteiger partial charge is 0.598 e. The Morgan fingerprint density at radius 1 is 1.05 bits per heavy atom. The molecule has 0 saturated heterocycles. The van der Waals surface area contributed by atoms with Gasteiger partial charge in [0.15, 0.2) is 14.1 Å². The summed E-state index contributed by atoms with van der Waals surface area (Å²) in [6, 6.07) is 18.1. The maximum atomic E-state index is 13.1. The summed E-state index contributed by atoms with van der Waals surface area (Å²) in [4.78, 5) is 10.0. The maximum Gasteiger partial charge on any atom is 0.192 e. The van der Waals surface area contributed by atoms with Gasteiger partial charge in [-0.3, -0.25) is 4.98 Å². The first-order valence-corrected chi connectivity index (χ1v) is 19.6. The molecule has 4 aromatic rings. The molecule has 10 heteroatoms. The van der Waals surface area contributed by atoms with Crippen LogP contribution in [-0.2, 0) is 22.4 Å². The fraction of sp³-hybridized carbons (Fsp3) is 0.500. The Bertz CT molecular complexity index is 1590. The zero-order chi connectivity index (χ0) is 31.9. The molecule has 5 rings (SSSR count). The number of aliphatic hydroxyl groups excluding tert-OH is 1. The lowest BCUT2D eigenvalue weighted by Crippen LogP contribution is -2.46. The molecule has 0 aliphatic heterocycles. The molecule has 1 aliphatic carbocycles. The molecule has 3 heterocycles. The Morgan fingerprint density at radius 3 is 2.45 bits per heavy atom. The van der Waals surface area contributed by atoms with Gasteiger partial charge in [-0.15, -0.1) is 4.72 Å². The van der Waals surface area contributed by atoms with E-state index in [0.717, 1.165) is 52.2 Å². The third kappa shape index (κ3) is 7.11. The number of aliphatic hydroxyl groups is 1. The van der Waals surface area contributed by atoms with E-state index in [1.165, 1.54) is 0 Å². The van der Waals surface area contributed by atoms with Crippen LogP contribution < -0.4 is 4.72 Å². The van der Waals surface area contributed by atoms with Crippen molar-refractivity contribution in [3.63, 3.8) is 0 Å². The number of fused-ring (bicyclic) bond motifs is 1. The van der Waals surface area contributed by atoms with Crippen LogP contribution in [0.15, 0.2) is 60.8 Å². The summed E-state index contributed by atoms with van der Waals surface area (Å²) in [5.41, 5.74) is 4.50. The van der Waals surface area contributed by atoms with Gasteiger partial charge in [0.2, 0.25) is 0 Å². The van der Waals surface area contributed by atoms with Gasteiger partial charge in [-0.1, -0.05) is 45.0 Å². The van der Waals surface area contributed by atoms with Crippen LogP contribution in [0.25, 0.3) is 28.0 Å². The molecule has 0 unspecified atom stereocenters. The molecule has 1 aliphatic rings. The summed E-state index contributed by atoms with van der Waals surface area (Å²) < 4.78 is 24.4. The molecular weight excluding hydrogens is 587 g/mol. The first-order valence-electron chi connectivity index (χ1n) is 15.5. The lowest BCUT2D eigenvalue weighted by Gasteiger charge is -2.40. The SMILES string of the molecule is CC(C)(C)[S@@+]([O-])N[C@@H](c1cccc(-c2ccc3cnn(-c4cccc(CO[Si](C)(C)C(C)(C)C)n4)c3c2)n1)C1CC(CO)C1. The third-order valence-corrected chi connectivity index (χ3v) is 15.2. The van der Waals surface area contributed by atoms with Gasteiger partial charge < -0.3 is 14.1 Å². The number of hydrogen-bond acceptors (Lipinski definition) is 7. The maximum absolute atomic E-state index is 13.1. The summed E-state index contributed by atoms with van der Waals surface area (Å²) in [7, 11) is -1.91. The van der Waals surface area contributed by atoms with Crippen LogP contribution in [0.4, 0.5) is 0 Å². The Balaban J connectivity index is 1.43. The lowest BCUT2D eigenvalue weighted by atomic mass is 9.71. The molecule has 3 aromatic heterocycles. The van der Waals surface area contributed by atoms with E-state index in [0.29, 0.717) is 12.5 Å². The topological polar surface area (TPSA) is 108 Å². The van der Waals surface area contributed by atoms with Crippen molar-refractivity contribution in [3.05, 3.63) is 72.2 Å². The molecular formula is C34H47N5O3SSi. The smallest absolute Gasteiger partial charge is 0.192 e. The van der Waals surface area contributed by atoms with Crippen LogP contribution >= 0.6 is 0 Å². The van der Waals surface area contributed by atoms with E-state index in [1.807, 2.05) is 68.0 Å². The van der Waals surface area contributed by atoms with Crippen LogP contribution in [0.2, 0.25) is 18.1 Å². The van der Waals surface area contributed by atoms with Crippen molar-refractivity contribution in [1.82, 2.24) is 24.5 Å². The number of aromatic nitrogens is 4. The van der Waals surface area contributed by atoms with Gasteiger partial charge in [0.1, 0.15) is 4.75 Å². The predicted octanol–water partition coefficient (Wildman–Crippen LogP) is 7.12. The molecule has 2 N–H and O–H groups in total. The Kier molecular flexibility index (Phi) is 9.43. The van der Waals surface area contributed by atoms with Gasteiger partial charge in [-0.05, 0) is 93.9 Å². The monoisotopic (exact) mass is 633 g/mol. The summed E-state index contributed by atoms with van der Waals surface area (Å²) in [6.07, 6.45) is 3.64. The number of benzene rings is 1. The molecule has 1 fully saturated rings. The first kappa shape index (κ1) is 32.8. The second kappa shape index (κ2) is 12.7. The molecule has 0 bridgehead atoms. The van der Waals surface area contributed by atoms with Crippen molar-refractivity contribution < 1.29 is 14.1 Å². The summed E-state index contributed by atoms with van der Waals surface area (Å²) in [6.45, 7) is 17.8. The van der Waals surface area contributed by atoms with Gasteiger partial charge >= 0.3 is 0 Å². The van der Waals surface area contributed by atoms with Crippen molar-refractivity contribution in [3.8, 4) is 17.1 Å². The van der Waals surface area contributed by atoms with Gasteiger partial charge in [0.25, 0.3) is 0 Å². The molecule has 2 atom stereocenters. The van der Waals surface area contributed by atoms with E-state index in [2.05, 4.69) is 61.9 Å². The molecule has 236 valence electrons. The molecule has 1 saturated carbocycles. The highest BCUT2D eigenvalue weighted by Crippen LogP contribution is 2.43. The zero-order valence-corrected chi connectivity index (χ0v) is 29.1. The second-order valence-electron chi connectivity index (χ2n) is 14.6. The average molecular weight is 634 g/mol. The lowest BCUT2D eigenvalue weighted by molar-refractivity contribution is 0.0866. The molecule has 0 spiro atoms. The summed E-state index contributed by atoms with van der Waals surface area (Å²) >= 11 is -1.25. The van der Waals surface area contributed by atoms with Crippen molar-refractivity contribution in [1.29, 1.82) is 0 Å². The van der Waals surface area contributed by atoms with Crippen LogP contribution in [0, 0.1) is 11.8 Å². The van der Waals surface area contributed by atoms with Crippen molar-refractivity contribution in [2.24, 2.45) is 11.8 Å². The van der Waals surface area contributed by atoms with E-state index in [-0.39, 0.29) is 23.6 Å². The number of hydrogen-bond donors (Lipinski definition) is 2.